The molecule has 1 amide bonds. The normalized spacial score (nSPS) is 10.1. The van der Waals surface area contributed by atoms with Crippen molar-refractivity contribution < 1.29 is 4.79 Å². The van der Waals surface area contributed by atoms with Crippen LogP contribution in [0.2, 0.25) is 0 Å². The SMILES string of the molecule is O=C(CCc1cccnc1)NCCc1cccnc1. The molecule has 0 atom stereocenters. The largest absolute Gasteiger partial charge is 0.356 e. The van der Waals surface area contributed by atoms with Crippen LogP contribution < -0.4 is 5.32 Å². The number of aromatic nitrogens is 2. The summed E-state index contributed by atoms with van der Waals surface area (Å²) in [5.74, 6) is 0.0766. The molecule has 0 saturated heterocycles. The van der Waals surface area contributed by atoms with Gasteiger partial charge in [0.15, 0.2) is 0 Å². The van der Waals surface area contributed by atoms with E-state index in [0.29, 0.717) is 13.0 Å². The van der Waals surface area contributed by atoms with Crippen LogP contribution in [0.3, 0.4) is 0 Å². The summed E-state index contributed by atoms with van der Waals surface area (Å²) in [5, 5.41) is 2.91. The Morgan fingerprint density at radius 1 is 1.00 bits per heavy atom. The summed E-state index contributed by atoms with van der Waals surface area (Å²) in [6, 6.07) is 7.78. The molecule has 0 aliphatic carbocycles. The Morgan fingerprint density at radius 2 is 1.63 bits per heavy atom. The first-order chi connectivity index (χ1) is 9.34. The van der Waals surface area contributed by atoms with Crippen molar-refractivity contribution in [2.45, 2.75) is 19.3 Å². The number of nitrogens with one attached hydrogen (secondary N) is 1. The summed E-state index contributed by atoms with van der Waals surface area (Å²) in [5.41, 5.74) is 2.22. The van der Waals surface area contributed by atoms with E-state index in [4.69, 9.17) is 0 Å². The molecular formula is C15H17N3O. The van der Waals surface area contributed by atoms with Gasteiger partial charge in [-0.1, -0.05) is 12.1 Å². The van der Waals surface area contributed by atoms with Gasteiger partial charge in [-0.25, -0.2) is 0 Å². The van der Waals surface area contributed by atoms with Crippen LogP contribution in [0.15, 0.2) is 49.1 Å². The Kier molecular flexibility index (Phi) is 5.05. The molecule has 0 bridgehead atoms. The predicted molar refractivity (Wildman–Crippen MR) is 73.5 cm³/mol. The smallest absolute Gasteiger partial charge is 0.220 e. The van der Waals surface area contributed by atoms with E-state index in [1.165, 1.54) is 0 Å². The summed E-state index contributed by atoms with van der Waals surface area (Å²) >= 11 is 0. The molecule has 0 spiro atoms. The molecule has 0 radical (unpaired) electrons. The van der Waals surface area contributed by atoms with Gasteiger partial charge in [-0.05, 0) is 36.1 Å². The number of carbonyl (C=O) groups excluding carboxylic acids is 1. The monoisotopic (exact) mass is 255 g/mol. The topological polar surface area (TPSA) is 54.9 Å². The highest BCUT2D eigenvalue weighted by Gasteiger charge is 2.02. The standard InChI is InChI=1S/C15H17N3O/c19-15(6-5-13-3-1-8-16-11-13)18-10-7-14-4-2-9-17-12-14/h1-4,8-9,11-12H,5-7,10H2,(H,18,19). The molecule has 0 aliphatic rings. The van der Waals surface area contributed by atoms with Crippen molar-refractivity contribution in [1.82, 2.24) is 15.3 Å². The van der Waals surface area contributed by atoms with E-state index in [-0.39, 0.29) is 5.91 Å². The molecule has 19 heavy (non-hydrogen) atoms. The lowest BCUT2D eigenvalue weighted by Crippen LogP contribution is -2.25. The van der Waals surface area contributed by atoms with Crippen LogP contribution in [0.1, 0.15) is 17.5 Å². The van der Waals surface area contributed by atoms with Gasteiger partial charge in [0.1, 0.15) is 0 Å². The number of rotatable bonds is 6. The average molecular weight is 255 g/mol. The van der Waals surface area contributed by atoms with Crippen LogP contribution in [-0.4, -0.2) is 22.4 Å². The van der Waals surface area contributed by atoms with Gasteiger partial charge in [-0.2, -0.15) is 0 Å². The van der Waals surface area contributed by atoms with Crippen LogP contribution in [-0.2, 0) is 17.6 Å². The summed E-state index contributed by atoms with van der Waals surface area (Å²) in [6.07, 6.45) is 9.13. The van der Waals surface area contributed by atoms with Crippen LogP contribution in [0.4, 0.5) is 0 Å². The Hall–Kier alpha value is -2.23. The van der Waals surface area contributed by atoms with E-state index in [0.717, 1.165) is 24.0 Å². The Morgan fingerprint density at radius 3 is 2.21 bits per heavy atom. The van der Waals surface area contributed by atoms with Crippen molar-refractivity contribution in [3.63, 3.8) is 0 Å². The average Bonchev–Trinajstić information content (AvgIpc) is 2.47. The van der Waals surface area contributed by atoms with Crippen LogP contribution in [0.5, 0.6) is 0 Å². The van der Waals surface area contributed by atoms with Crippen LogP contribution >= 0.6 is 0 Å². The Bertz CT molecular complexity index is 499. The summed E-state index contributed by atoms with van der Waals surface area (Å²) in [6.45, 7) is 0.650. The lowest BCUT2D eigenvalue weighted by atomic mass is 10.1. The summed E-state index contributed by atoms with van der Waals surface area (Å²) < 4.78 is 0. The van der Waals surface area contributed by atoms with Crippen molar-refractivity contribution in [2.24, 2.45) is 0 Å². The lowest BCUT2D eigenvalue weighted by molar-refractivity contribution is -0.121. The highest BCUT2D eigenvalue weighted by atomic mass is 16.1. The van der Waals surface area contributed by atoms with Crippen LogP contribution in [0.25, 0.3) is 0 Å². The second-order valence-electron chi connectivity index (χ2n) is 4.32. The maximum atomic E-state index is 11.7. The highest BCUT2D eigenvalue weighted by Crippen LogP contribution is 2.00. The van der Waals surface area contributed by atoms with Gasteiger partial charge in [-0.15, -0.1) is 0 Å². The quantitative estimate of drug-likeness (QED) is 0.856. The first-order valence-corrected chi connectivity index (χ1v) is 6.39. The fraction of sp³-hybridized carbons (Fsp3) is 0.267. The zero-order chi connectivity index (χ0) is 13.3. The van der Waals surface area contributed by atoms with E-state index >= 15 is 0 Å². The minimum atomic E-state index is 0.0766. The number of amides is 1. The maximum Gasteiger partial charge on any atom is 0.220 e. The molecular weight excluding hydrogens is 238 g/mol. The molecule has 98 valence electrons. The van der Waals surface area contributed by atoms with E-state index in [9.17, 15) is 4.79 Å². The van der Waals surface area contributed by atoms with Gasteiger partial charge in [0.25, 0.3) is 0 Å². The number of aryl methyl sites for hydroxylation is 1. The molecule has 0 saturated carbocycles. The molecule has 0 fully saturated rings. The van der Waals surface area contributed by atoms with Crippen molar-refractivity contribution >= 4 is 5.91 Å². The molecule has 2 aromatic rings. The van der Waals surface area contributed by atoms with Crippen molar-refractivity contribution in [3.05, 3.63) is 60.2 Å². The molecule has 4 heteroatoms. The Labute approximate surface area is 112 Å². The minimum absolute atomic E-state index is 0.0766. The van der Waals surface area contributed by atoms with E-state index in [2.05, 4.69) is 15.3 Å². The van der Waals surface area contributed by atoms with Gasteiger partial charge in [0.05, 0.1) is 0 Å². The molecule has 0 aliphatic heterocycles. The molecule has 0 aromatic carbocycles. The van der Waals surface area contributed by atoms with Gasteiger partial charge in [-0.3, -0.25) is 14.8 Å². The third kappa shape index (κ3) is 4.87. The molecule has 2 rings (SSSR count). The molecule has 1 N–H and O–H groups in total. The van der Waals surface area contributed by atoms with Crippen molar-refractivity contribution in [3.8, 4) is 0 Å². The number of pyridine rings is 2. The van der Waals surface area contributed by atoms with Crippen LogP contribution in [0, 0.1) is 0 Å². The zero-order valence-electron chi connectivity index (χ0n) is 10.7. The summed E-state index contributed by atoms with van der Waals surface area (Å²) in [4.78, 5) is 19.7. The molecule has 0 unspecified atom stereocenters. The van der Waals surface area contributed by atoms with E-state index < -0.39 is 0 Å². The molecule has 2 aromatic heterocycles. The number of hydrogen-bond donors (Lipinski definition) is 1. The fourth-order valence-corrected chi connectivity index (χ4v) is 1.78. The van der Waals surface area contributed by atoms with Gasteiger partial charge in [0.2, 0.25) is 5.91 Å². The Balaban J connectivity index is 1.65. The number of hydrogen-bond acceptors (Lipinski definition) is 3. The third-order valence-corrected chi connectivity index (χ3v) is 2.82. The summed E-state index contributed by atoms with van der Waals surface area (Å²) in [7, 11) is 0. The van der Waals surface area contributed by atoms with E-state index in [1.54, 1.807) is 18.6 Å². The van der Waals surface area contributed by atoms with Gasteiger partial charge < -0.3 is 5.32 Å². The van der Waals surface area contributed by atoms with Gasteiger partial charge in [0, 0.05) is 37.8 Å². The second kappa shape index (κ2) is 7.26. The zero-order valence-corrected chi connectivity index (χ0v) is 10.7. The fourth-order valence-electron chi connectivity index (χ4n) is 1.78. The first-order valence-electron chi connectivity index (χ1n) is 6.39. The lowest BCUT2D eigenvalue weighted by Gasteiger charge is -2.05. The maximum absolute atomic E-state index is 11.7. The predicted octanol–water partition coefficient (Wildman–Crippen LogP) is 1.77. The molecule has 4 nitrogen and oxygen atoms in total. The number of carbonyl (C=O) groups is 1. The van der Waals surface area contributed by atoms with E-state index in [1.807, 2.05) is 30.5 Å². The third-order valence-electron chi connectivity index (χ3n) is 2.82. The minimum Gasteiger partial charge on any atom is -0.356 e. The second-order valence-corrected chi connectivity index (χ2v) is 4.32. The van der Waals surface area contributed by atoms with Crippen molar-refractivity contribution in [1.29, 1.82) is 0 Å². The van der Waals surface area contributed by atoms with Gasteiger partial charge >= 0.3 is 0 Å². The molecule has 2 heterocycles. The number of nitrogens with zero attached hydrogens (tertiary/aromatic N) is 2. The highest BCUT2D eigenvalue weighted by molar-refractivity contribution is 5.76. The first kappa shape index (κ1) is 13.2. The van der Waals surface area contributed by atoms with Crippen molar-refractivity contribution in [2.75, 3.05) is 6.54 Å².